The van der Waals surface area contributed by atoms with Crippen molar-refractivity contribution >= 4 is 8.32 Å². The van der Waals surface area contributed by atoms with Crippen molar-refractivity contribution in [1.29, 1.82) is 0 Å². The summed E-state index contributed by atoms with van der Waals surface area (Å²) in [4.78, 5) is 0. The van der Waals surface area contributed by atoms with Gasteiger partial charge < -0.3 is 23.4 Å². The van der Waals surface area contributed by atoms with E-state index < -0.39 is 14.6 Å². The second-order valence-corrected chi connectivity index (χ2v) is 14.0. The molecule has 0 N–H and O–H groups in total. The third kappa shape index (κ3) is 5.57. The number of rotatable bonds is 8. The van der Waals surface area contributed by atoms with Crippen molar-refractivity contribution in [1.82, 2.24) is 0 Å². The van der Waals surface area contributed by atoms with Crippen molar-refractivity contribution in [3.05, 3.63) is 48.0 Å². The Kier molecular flexibility index (Phi) is 7.03. The molecule has 29 heavy (non-hydrogen) atoms. The summed E-state index contributed by atoms with van der Waals surface area (Å²) < 4.78 is 30.5. The van der Waals surface area contributed by atoms with Crippen molar-refractivity contribution in [3.8, 4) is 0 Å². The average molecular weight is 421 g/mol. The van der Waals surface area contributed by atoms with Gasteiger partial charge in [0.25, 0.3) is 0 Å². The molecule has 0 aromatic heterocycles. The van der Waals surface area contributed by atoms with Crippen LogP contribution in [0.2, 0.25) is 18.1 Å². The molecule has 0 radical (unpaired) electrons. The van der Waals surface area contributed by atoms with Gasteiger partial charge in [-0.3, -0.25) is 0 Å². The maximum absolute atomic E-state index is 6.70. The van der Waals surface area contributed by atoms with Crippen LogP contribution in [0.15, 0.2) is 42.5 Å². The van der Waals surface area contributed by atoms with Crippen molar-refractivity contribution in [2.45, 2.75) is 89.7 Å². The van der Waals surface area contributed by atoms with Crippen LogP contribution in [0.3, 0.4) is 0 Å². The number of hydrogen-bond acceptors (Lipinski definition) is 5. The summed E-state index contributed by atoms with van der Waals surface area (Å²) in [5.41, 5.74) is 1.17. The van der Waals surface area contributed by atoms with Crippen LogP contribution in [0.5, 0.6) is 0 Å². The lowest BCUT2D eigenvalue weighted by Crippen LogP contribution is -2.50. The van der Waals surface area contributed by atoms with Gasteiger partial charge in [-0.2, -0.15) is 0 Å². The van der Waals surface area contributed by atoms with E-state index in [4.69, 9.17) is 23.4 Å². The second kappa shape index (κ2) is 9.00. The Hall–Kier alpha value is -1.02. The molecule has 1 aromatic carbocycles. The van der Waals surface area contributed by atoms with E-state index in [1.54, 1.807) is 0 Å². The monoisotopic (exact) mass is 420 g/mol. The molecule has 0 amide bonds. The lowest BCUT2D eigenvalue weighted by molar-refractivity contribution is -0.245. The summed E-state index contributed by atoms with van der Waals surface area (Å²) in [5.74, 6) is 0. The van der Waals surface area contributed by atoms with Crippen LogP contribution in [0.4, 0.5) is 0 Å². The first-order valence-corrected chi connectivity index (χ1v) is 13.5. The Bertz CT molecular complexity index is 684. The van der Waals surface area contributed by atoms with E-state index in [2.05, 4.69) is 52.1 Å². The molecule has 1 unspecified atom stereocenters. The van der Waals surface area contributed by atoms with Crippen LogP contribution in [-0.4, -0.2) is 45.8 Å². The van der Waals surface area contributed by atoms with Crippen LogP contribution in [-0.2, 0) is 23.4 Å². The zero-order valence-electron chi connectivity index (χ0n) is 18.8. The summed E-state index contributed by atoms with van der Waals surface area (Å²) in [5, 5.41) is 0.117. The molecule has 6 heteroatoms. The molecule has 1 saturated heterocycles. The van der Waals surface area contributed by atoms with Crippen LogP contribution in [0.25, 0.3) is 0 Å². The van der Waals surface area contributed by atoms with Gasteiger partial charge in [0.05, 0.1) is 6.10 Å². The van der Waals surface area contributed by atoms with Crippen LogP contribution in [0.1, 0.15) is 46.3 Å². The fraction of sp³-hybridized carbons (Fsp3) is 0.652. The van der Waals surface area contributed by atoms with E-state index in [9.17, 15) is 0 Å². The summed E-state index contributed by atoms with van der Waals surface area (Å²) in [7, 11) is -1.97. The molecule has 162 valence electrons. The molecule has 0 saturated carbocycles. The van der Waals surface area contributed by atoms with Gasteiger partial charge in [0, 0.05) is 6.61 Å². The molecule has 1 aromatic rings. The summed E-state index contributed by atoms with van der Waals surface area (Å²) in [6.07, 6.45) is 2.81. The Labute approximate surface area is 176 Å². The molecule has 2 aliphatic heterocycles. The third-order valence-corrected chi connectivity index (χ3v) is 10.5. The van der Waals surface area contributed by atoms with Gasteiger partial charge in [-0.1, -0.05) is 57.2 Å². The highest BCUT2D eigenvalue weighted by Gasteiger charge is 2.53. The van der Waals surface area contributed by atoms with Gasteiger partial charge in [-0.25, -0.2) is 0 Å². The van der Waals surface area contributed by atoms with Crippen LogP contribution in [0, 0.1) is 0 Å². The molecule has 0 bridgehead atoms. The van der Waals surface area contributed by atoms with Crippen LogP contribution >= 0.6 is 0 Å². The third-order valence-electron chi connectivity index (χ3n) is 6.01. The van der Waals surface area contributed by atoms with Crippen molar-refractivity contribution < 1.29 is 23.4 Å². The van der Waals surface area contributed by atoms with Gasteiger partial charge in [0.2, 0.25) is 0 Å². The Balaban J connectivity index is 1.76. The first-order chi connectivity index (χ1) is 13.6. The Morgan fingerprint density at radius 3 is 2.34 bits per heavy atom. The van der Waals surface area contributed by atoms with E-state index in [0.29, 0.717) is 6.61 Å². The van der Waals surface area contributed by atoms with Gasteiger partial charge in [-0.15, -0.1) is 0 Å². The van der Waals surface area contributed by atoms with E-state index in [1.807, 2.05) is 38.1 Å². The molecular weight excluding hydrogens is 384 g/mol. The number of ether oxygens (including phenoxy) is 4. The molecule has 5 nitrogen and oxygen atoms in total. The minimum absolute atomic E-state index is 0.0307. The van der Waals surface area contributed by atoms with E-state index in [1.165, 1.54) is 5.56 Å². The minimum Gasteiger partial charge on any atom is -0.408 e. The maximum atomic E-state index is 6.70. The molecule has 3 rings (SSSR count). The normalized spacial score (nSPS) is 30.9. The molecule has 1 fully saturated rings. The maximum Gasteiger partial charge on any atom is 0.193 e. The molecular formula is C23H36O5Si. The van der Waals surface area contributed by atoms with Crippen molar-refractivity contribution in [2.75, 3.05) is 6.61 Å². The smallest absolute Gasteiger partial charge is 0.193 e. The summed E-state index contributed by atoms with van der Waals surface area (Å²) in [6, 6.07) is 10.3. The number of hydrogen-bond donors (Lipinski definition) is 0. The van der Waals surface area contributed by atoms with Gasteiger partial charge in [0.15, 0.2) is 20.9 Å². The van der Waals surface area contributed by atoms with Crippen LogP contribution < -0.4 is 0 Å². The SMILES string of the molecule is CCOC(C)O[C@H]1C=C[C@H](O[Si](C)(C)C(C)(C)C)[C@H]([C@H]2O[C@H]2c2ccccc2)O1. The molecule has 0 spiro atoms. The fourth-order valence-corrected chi connectivity index (χ4v) is 4.55. The van der Waals surface area contributed by atoms with Gasteiger partial charge in [-0.05, 0) is 43.6 Å². The van der Waals surface area contributed by atoms with E-state index in [-0.39, 0.29) is 35.7 Å². The second-order valence-electron chi connectivity index (χ2n) is 9.29. The highest BCUT2D eigenvalue weighted by Crippen LogP contribution is 2.46. The lowest BCUT2D eigenvalue weighted by atomic mass is 10.0. The Morgan fingerprint density at radius 1 is 1.03 bits per heavy atom. The summed E-state index contributed by atoms with van der Waals surface area (Å²) in [6.45, 7) is 15.7. The molecule has 2 aliphatic rings. The number of benzene rings is 1. The standard InChI is InChI=1S/C23H36O5Si/c1-8-24-16(2)25-19-15-14-18(28-29(6,7)23(3,4)5)21(26-19)22-20(27-22)17-12-10-9-11-13-17/h9-16,18-22H,8H2,1-7H3/t16?,18-,19+,20-,21+,22-/m0/s1. The van der Waals surface area contributed by atoms with Gasteiger partial charge in [0.1, 0.15) is 18.3 Å². The van der Waals surface area contributed by atoms with Gasteiger partial charge >= 0.3 is 0 Å². The molecule has 2 heterocycles. The lowest BCUT2D eigenvalue weighted by Gasteiger charge is -2.42. The Morgan fingerprint density at radius 2 is 1.72 bits per heavy atom. The first kappa shape index (κ1) is 22.7. The zero-order valence-corrected chi connectivity index (χ0v) is 19.8. The fourth-order valence-electron chi connectivity index (χ4n) is 3.30. The quantitative estimate of drug-likeness (QED) is 0.250. The van der Waals surface area contributed by atoms with Crippen molar-refractivity contribution in [3.63, 3.8) is 0 Å². The predicted octanol–water partition coefficient (Wildman–Crippen LogP) is 5.20. The van der Waals surface area contributed by atoms with E-state index >= 15 is 0 Å². The average Bonchev–Trinajstić information content (AvgIpc) is 3.43. The highest BCUT2D eigenvalue weighted by atomic mass is 28.4. The van der Waals surface area contributed by atoms with Crippen molar-refractivity contribution in [2.24, 2.45) is 0 Å². The summed E-state index contributed by atoms with van der Waals surface area (Å²) >= 11 is 0. The highest BCUT2D eigenvalue weighted by molar-refractivity contribution is 6.74. The predicted molar refractivity (Wildman–Crippen MR) is 116 cm³/mol. The minimum atomic E-state index is -1.97. The zero-order chi connectivity index (χ0) is 21.2. The van der Waals surface area contributed by atoms with E-state index in [0.717, 1.165) is 0 Å². The number of epoxide rings is 1. The first-order valence-electron chi connectivity index (χ1n) is 10.6. The molecule has 6 atom stereocenters. The molecule has 0 aliphatic carbocycles. The largest absolute Gasteiger partial charge is 0.408 e. The topological polar surface area (TPSA) is 49.5 Å².